The second-order valence-corrected chi connectivity index (χ2v) is 8.36. The second kappa shape index (κ2) is 10.3. The first-order valence-corrected chi connectivity index (χ1v) is 11.3. The van der Waals surface area contributed by atoms with Crippen LogP contribution < -0.4 is 4.74 Å². The monoisotopic (exact) mass is 441 g/mol. The Hall–Kier alpha value is -2.73. The molecule has 2 aliphatic rings. The lowest BCUT2D eigenvalue weighted by Crippen LogP contribution is -2.26. The number of ether oxygens (including phenoxy) is 2. The first-order chi connectivity index (χ1) is 15.6. The molecule has 1 heterocycles. The summed E-state index contributed by atoms with van der Waals surface area (Å²) in [6, 6.07) is 10.7. The van der Waals surface area contributed by atoms with Crippen molar-refractivity contribution in [2.45, 2.75) is 38.2 Å². The molecule has 1 fully saturated rings. The molecule has 4 rings (SSSR count). The number of esters is 1. The van der Waals surface area contributed by atoms with Gasteiger partial charge in [0.1, 0.15) is 6.10 Å². The summed E-state index contributed by atoms with van der Waals surface area (Å²) in [7, 11) is 1.37. The zero-order valence-electron chi connectivity index (χ0n) is 18.4. The number of rotatable bonds is 7. The molecule has 1 atom stereocenters. The predicted octanol–water partition coefficient (Wildman–Crippen LogP) is 5.19. The van der Waals surface area contributed by atoms with E-state index in [0.29, 0.717) is 30.6 Å². The highest BCUT2D eigenvalue weighted by molar-refractivity contribution is 5.91. The van der Waals surface area contributed by atoms with Gasteiger partial charge in [0.15, 0.2) is 11.6 Å². The van der Waals surface area contributed by atoms with Gasteiger partial charge < -0.3 is 9.47 Å². The van der Waals surface area contributed by atoms with Gasteiger partial charge in [0.2, 0.25) is 0 Å². The van der Waals surface area contributed by atoms with Crippen LogP contribution >= 0.6 is 0 Å². The van der Waals surface area contributed by atoms with Gasteiger partial charge in [0.25, 0.3) is 0 Å². The Bertz CT molecular complexity index is 1000. The topological polar surface area (TPSA) is 38.8 Å². The van der Waals surface area contributed by atoms with Crippen LogP contribution in [0.2, 0.25) is 0 Å². The summed E-state index contributed by atoms with van der Waals surface area (Å²) in [5.74, 6) is -0.496. The Morgan fingerprint density at radius 1 is 1.22 bits per heavy atom. The van der Waals surface area contributed by atoms with Crippen molar-refractivity contribution in [1.82, 2.24) is 4.90 Å². The lowest BCUT2D eigenvalue weighted by atomic mass is 9.92. The zero-order chi connectivity index (χ0) is 22.5. The lowest BCUT2D eigenvalue weighted by Gasteiger charge is -2.18. The quantitative estimate of drug-likeness (QED) is 0.554. The third-order valence-electron chi connectivity index (χ3n) is 6.20. The molecule has 32 heavy (non-hydrogen) atoms. The number of halogens is 2. The van der Waals surface area contributed by atoms with E-state index in [2.05, 4.69) is 11.0 Å². The Morgan fingerprint density at radius 2 is 2.09 bits per heavy atom. The van der Waals surface area contributed by atoms with Crippen molar-refractivity contribution in [3.63, 3.8) is 0 Å². The largest absolute Gasteiger partial charge is 0.486 e. The van der Waals surface area contributed by atoms with E-state index >= 15 is 4.39 Å². The molecule has 0 saturated carbocycles. The smallest absolute Gasteiger partial charge is 0.337 e. The van der Waals surface area contributed by atoms with E-state index in [9.17, 15) is 9.18 Å². The van der Waals surface area contributed by atoms with Gasteiger partial charge >= 0.3 is 5.97 Å². The zero-order valence-corrected chi connectivity index (χ0v) is 18.4. The minimum atomic E-state index is -0.374. The van der Waals surface area contributed by atoms with Gasteiger partial charge in [-0.15, -0.1) is 0 Å². The molecule has 1 aliphatic carbocycles. The number of hydrogen-bond acceptors (Lipinski definition) is 4. The fourth-order valence-electron chi connectivity index (χ4n) is 4.58. The van der Waals surface area contributed by atoms with Gasteiger partial charge in [-0.1, -0.05) is 24.3 Å². The number of likely N-dealkylation sites (tertiary alicyclic amines) is 1. The maximum Gasteiger partial charge on any atom is 0.337 e. The number of nitrogens with zero attached hydrogens (tertiary/aromatic N) is 1. The van der Waals surface area contributed by atoms with Gasteiger partial charge in [-0.3, -0.25) is 9.29 Å². The van der Waals surface area contributed by atoms with E-state index in [4.69, 9.17) is 9.47 Å². The Labute approximate surface area is 187 Å². The molecule has 0 spiro atoms. The molecule has 0 bridgehead atoms. The van der Waals surface area contributed by atoms with E-state index in [0.717, 1.165) is 48.9 Å². The summed E-state index contributed by atoms with van der Waals surface area (Å²) in [5.41, 5.74) is 3.78. The van der Waals surface area contributed by atoms with E-state index in [-0.39, 0.29) is 30.3 Å². The minimum Gasteiger partial charge on any atom is -0.486 e. The molecular weight excluding hydrogens is 412 g/mol. The number of methoxy groups -OCH3 is 1. The number of allylic oxidation sites excluding steroid dienone is 1. The van der Waals surface area contributed by atoms with Crippen molar-refractivity contribution in [1.29, 1.82) is 0 Å². The van der Waals surface area contributed by atoms with Crippen LogP contribution in [0.3, 0.4) is 0 Å². The van der Waals surface area contributed by atoms with Crippen LogP contribution in [0.1, 0.15) is 52.7 Å². The van der Waals surface area contributed by atoms with E-state index in [1.54, 1.807) is 18.2 Å². The number of fused-ring (bicyclic) bond motifs is 1. The number of carbonyl (C=O) groups is 1. The molecule has 0 amide bonds. The molecule has 1 saturated heterocycles. The highest BCUT2D eigenvalue weighted by Crippen LogP contribution is 2.36. The molecule has 0 aromatic heterocycles. The standard InChI is InChI=1S/C26H29F2NO3/c1-31-26(30)19-10-11-21-18(16-19)6-2-3-7-22(21)23-8-4-9-24(25(23)28)32-20-12-15-29(17-20)14-5-13-27/h4,7-11,16,20H,2-3,5-6,12-15,17H2,1H3/t20-/m1/s1. The fraction of sp³-hybridized carbons (Fsp3) is 0.423. The van der Waals surface area contributed by atoms with Crippen molar-refractivity contribution in [2.75, 3.05) is 33.4 Å². The van der Waals surface area contributed by atoms with E-state index in [1.807, 2.05) is 18.2 Å². The summed E-state index contributed by atoms with van der Waals surface area (Å²) in [6.45, 7) is 1.91. The Kier molecular flexibility index (Phi) is 7.20. The average molecular weight is 442 g/mol. The number of benzene rings is 2. The van der Waals surface area contributed by atoms with Crippen LogP contribution in [0.4, 0.5) is 8.78 Å². The second-order valence-electron chi connectivity index (χ2n) is 8.36. The normalized spacial score (nSPS) is 18.6. The first-order valence-electron chi connectivity index (χ1n) is 11.3. The lowest BCUT2D eigenvalue weighted by molar-refractivity contribution is 0.0600. The molecule has 2 aromatic rings. The van der Waals surface area contributed by atoms with Crippen LogP contribution in [-0.2, 0) is 11.2 Å². The van der Waals surface area contributed by atoms with Crippen molar-refractivity contribution in [2.24, 2.45) is 0 Å². The molecule has 0 unspecified atom stereocenters. The van der Waals surface area contributed by atoms with Gasteiger partial charge in [-0.05, 0) is 67.0 Å². The van der Waals surface area contributed by atoms with E-state index in [1.165, 1.54) is 7.11 Å². The van der Waals surface area contributed by atoms with Gasteiger partial charge in [0.05, 0.1) is 19.3 Å². The van der Waals surface area contributed by atoms with Crippen LogP contribution in [0, 0.1) is 5.82 Å². The Balaban J connectivity index is 1.58. The molecule has 4 nitrogen and oxygen atoms in total. The van der Waals surface area contributed by atoms with Gasteiger partial charge in [-0.2, -0.15) is 0 Å². The van der Waals surface area contributed by atoms with Gasteiger partial charge in [-0.25, -0.2) is 9.18 Å². The van der Waals surface area contributed by atoms with Crippen molar-refractivity contribution < 1.29 is 23.0 Å². The SMILES string of the molecule is COC(=O)c1ccc2c(c1)CCCC=C2c1cccc(O[C@@H]2CCN(CCCF)C2)c1F. The fourth-order valence-corrected chi connectivity index (χ4v) is 4.58. The maximum atomic E-state index is 15.6. The summed E-state index contributed by atoms with van der Waals surface area (Å²) < 4.78 is 38.9. The van der Waals surface area contributed by atoms with Crippen molar-refractivity contribution in [3.05, 3.63) is 70.5 Å². The number of aryl methyl sites for hydroxylation is 1. The van der Waals surface area contributed by atoms with Crippen LogP contribution in [0.5, 0.6) is 5.75 Å². The number of carbonyl (C=O) groups excluding carboxylic acids is 1. The molecular formula is C26H29F2NO3. The molecule has 2 aromatic carbocycles. The van der Waals surface area contributed by atoms with Crippen molar-refractivity contribution in [3.8, 4) is 5.75 Å². The highest BCUT2D eigenvalue weighted by atomic mass is 19.1. The van der Waals surface area contributed by atoms with E-state index < -0.39 is 0 Å². The first kappa shape index (κ1) is 22.5. The van der Waals surface area contributed by atoms with Crippen LogP contribution in [-0.4, -0.2) is 50.4 Å². The summed E-state index contributed by atoms with van der Waals surface area (Å²) in [5, 5.41) is 0. The summed E-state index contributed by atoms with van der Waals surface area (Å²) in [4.78, 5) is 14.1. The maximum absolute atomic E-state index is 15.6. The van der Waals surface area contributed by atoms with Crippen LogP contribution in [0.15, 0.2) is 42.5 Å². The highest BCUT2D eigenvalue weighted by Gasteiger charge is 2.26. The number of alkyl halides is 1. The third-order valence-corrected chi connectivity index (χ3v) is 6.20. The predicted molar refractivity (Wildman–Crippen MR) is 120 cm³/mol. The molecule has 170 valence electrons. The third kappa shape index (κ3) is 4.85. The van der Waals surface area contributed by atoms with Crippen LogP contribution in [0.25, 0.3) is 5.57 Å². The Morgan fingerprint density at radius 3 is 2.91 bits per heavy atom. The summed E-state index contributed by atoms with van der Waals surface area (Å²) in [6.07, 6.45) is 5.86. The number of hydrogen-bond donors (Lipinski definition) is 0. The summed E-state index contributed by atoms with van der Waals surface area (Å²) >= 11 is 0. The van der Waals surface area contributed by atoms with Gasteiger partial charge in [0, 0.05) is 25.2 Å². The molecule has 6 heteroatoms. The molecule has 0 radical (unpaired) electrons. The minimum absolute atomic E-state index is 0.0997. The average Bonchev–Trinajstić information content (AvgIpc) is 3.15. The van der Waals surface area contributed by atoms with Crippen molar-refractivity contribution >= 4 is 11.5 Å². The molecule has 1 aliphatic heterocycles. The molecule has 0 N–H and O–H groups in total.